The molecule has 0 spiro atoms. The molecule has 0 aromatic heterocycles. The molecule has 1 rings (SSSR count). The zero-order valence-electron chi connectivity index (χ0n) is 10.0. The summed E-state index contributed by atoms with van der Waals surface area (Å²) in [6, 6.07) is 3.65. The van der Waals surface area contributed by atoms with Crippen molar-refractivity contribution in [3.05, 3.63) is 36.4 Å². The first-order valence-corrected chi connectivity index (χ1v) is 5.91. The molecule has 0 saturated carbocycles. The smallest absolute Gasteiger partial charge is 0.160 e. The van der Waals surface area contributed by atoms with E-state index in [9.17, 15) is 8.78 Å². The van der Waals surface area contributed by atoms with E-state index in [4.69, 9.17) is 0 Å². The number of hydrogen-bond donors (Lipinski definition) is 1. The molecule has 0 amide bonds. The molecule has 1 aromatic carbocycles. The third-order valence-electron chi connectivity index (χ3n) is 2.34. The average Bonchev–Trinajstić information content (AvgIpc) is 2.32. The lowest BCUT2D eigenvalue weighted by molar-refractivity contribution is 0.508. The van der Waals surface area contributed by atoms with Gasteiger partial charge in [0, 0.05) is 12.6 Å². The van der Waals surface area contributed by atoms with Crippen LogP contribution in [0.15, 0.2) is 18.2 Å². The lowest BCUT2D eigenvalue weighted by Gasteiger charge is -2.05. The van der Waals surface area contributed by atoms with E-state index in [0.29, 0.717) is 12.2 Å². The van der Waals surface area contributed by atoms with E-state index in [2.05, 4.69) is 17.6 Å². The Balaban J connectivity index is 2.11. The summed E-state index contributed by atoms with van der Waals surface area (Å²) in [6.45, 7) is 5.37. The minimum Gasteiger partial charge on any atom is -0.311 e. The van der Waals surface area contributed by atoms with Gasteiger partial charge in [0.15, 0.2) is 11.6 Å². The molecule has 0 aliphatic rings. The molecular weight excluding hydrogens is 222 g/mol. The van der Waals surface area contributed by atoms with Crippen molar-refractivity contribution < 1.29 is 8.78 Å². The first-order valence-electron chi connectivity index (χ1n) is 5.91. The summed E-state index contributed by atoms with van der Waals surface area (Å²) in [4.78, 5) is 0. The van der Waals surface area contributed by atoms with Crippen LogP contribution < -0.4 is 10.6 Å². The molecule has 94 valence electrons. The van der Waals surface area contributed by atoms with Gasteiger partial charge >= 0.3 is 0 Å². The highest BCUT2D eigenvalue weighted by atomic mass is 19.2. The van der Waals surface area contributed by atoms with Crippen LogP contribution in [-0.4, -0.2) is 13.1 Å². The van der Waals surface area contributed by atoms with Crippen LogP contribution in [-0.2, 0) is 0 Å². The standard InChI is InChI=1S/C13H18F2N2/c1-2-3-4-7-16-8-9-17-11-5-6-12(14)13(15)10-11/h5-6,8,10,16H,2-4,7,9H2,1H3. The van der Waals surface area contributed by atoms with Gasteiger partial charge in [-0.3, -0.25) is 5.32 Å². The number of unbranched alkanes of at least 4 members (excludes halogenated alkanes) is 2. The predicted molar refractivity (Wildman–Crippen MR) is 64.8 cm³/mol. The summed E-state index contributed by atoms with van der Waals surface area (Å²) in [5.74, 6) is -1.70. The number of benzene rings is 1. The summed E-state index contributed by atoms with van der Waals surface area (Å²) in [6.07, 6.45) is 3.54. The van der Waals surface area contributed by atoms with Crippen molar-refractivity contribution in [2.24, 2.45) is 0 Å². The van der Waals surface area contributed by atoms with Gasteiger partial charge in [-0.05, 0) is 25.1 Å². The summed E-state index contributed by atoms with van der Waals surface area (Å²) in [5, 5.41) is 7.23. The highest BCUT2D eigenvalue weighted by Crippen LogP contribution is 2.12. The Labute approximate surface area is 101 Å². The van der Waals surface area contributed by atoms with Crippen LogP contribution in [0, 0.1) is 18.2 Å². The lowest BCUT2D eigenvalue weighted by atomic mass is 10.2. The van der Waals surface area contributed by atoms with Crippen LogP contribution in [0.3, 0.4) is 0 Å². The van der Waals surface area contributed by atoms with E-state index >= 15 is 0 Å². The number of nitrogens with zero attached hydrogens (tertiary/aromatic N) is 1. The van der Waals surface area contributed by atoms with Gasteiger partial charge in [-0.2, -0.15) is 0 Å². The molecule has 4 heteroatoms. The van der Waals surface area contributed by atoms with Crippen molar-refractivity contribution >= 4 is 5.69 Å². The second-order valence-electron chi connectivity index (χ2n) is 3.80. The molecular formula is C13H18F2N2. The van der Waals surface area contributed by atoms with Gasteiger partial charge in [0.25, 0.3) is 0 Å². The van der Waals surface area contributed by atoms with Gasteiger partial charge in [0.2, 0.25) is 0 Å². The van der Waals surface area contributed by atoms with Gasteiger partial charge in [-0.25, -0.2) is 8.78 Å². The fraction of sp³-hybridized carbons (Fsp3) is 0.462. The summed E-state index contributed by atoms with van der Waals surface area (Å²) >= 11 is 0. The third-order valence-corrected chi connectivity index (χ3v) is 2.34. The molecule has 0 bridgehead atoms. The second-order valence-corrected chi connectivity index (χ2v) is 3.80. The van der Waals surface area contributed by atoms with Crippen molar-refractivity contribution in [3.63, 3.8) is 0 Å². The van der Waals surface area contributed by atoms with Crippen LogP contribution in [0.2, 0.25) is 0 Å². The Hall–Kier alpha value is -1.16. The van der Waals surface area contributed by atoms with Crippen LogP contribution in [0.4, 0.5) is 14.5 Å². The molecule has 1 aromatic rings. The minimum atomic E-state index is -0.859. The minimum absolute atomic E-state index is 0.454. The zero-order chi connectivity index (χ0) is 12.5. The quantitative estimate of drug-likeness (QED) is 0.694. The van der Waals surface area contributed by atoms with Gasteiger partial charge < -0.3 is 5.32 Å². The number of halogens is 2. The number of hydrogen-bond acceptors (Lipinski definition) is 1. The fourth-order valence-electron chi connectivity index (χ4n) is 1.38. The third kappa shape index (κ3) is 5.63. The van der Waals surface area contributed by atoms with E-state index in [1.807, 2.05) is 6.54 Å². The normalized spacial score (nSPS) is 10.5. The molecule has 0 atom stereocenters. The molecule has 0 fully saturated rings. The molecule has 0 heterocycles. The highest BCUT2D eigenvalue weighted by molar-refractivity contribution is 5.36. The van der Waals surface area contributed by atoms with Crippen LogP contribution >= 0.6 is 0 Å². The first kappa shape index (κ1) is 13.9. The maximum Gasteiger partial charge on any atom is 0.160 e. The van der Waals surface area contributed by atoms with E-state index in [1.165, 1.54) is 18.9 Å². The van der Waals surface area contributed by atoms with Gasteiger partial charge in [0.1, 0.15) is 0 Å². The molecule has 1 N–H and O–H groups in total. The molecule has 0 aliphatic carbocycles. The molecule has 2 radical (unpaired) electrons. The summed E-state index contributed by atoms with van der Waals surface area (Å²) < 4.78 is 25.5. The Morgan fingerprint density at radius 3 is 2.76 bits per heavy atom. The van der Waals surface area contributed by atoms with E-state index in [-0.39, 0.29) is 0 Å². The van der Waals surface area contributed by atoms with Crippen molar-refractivity contribution in [2.45, 2.75) is 26.2 Å². The Bertz CT molecular complexity index is 329. The number of rotatable bonds is 8. The topological polar surface area (TPSA) is 26.1 Å². The molecule has 0 saturated heterocycles. The first-order chi connectivity index (χ1) is 8.24. The predicted octanol–water partition coefficient (Wildman–Crippen LogP) is 3.14. The summed E-state index contributed by atoms with van der Waals surface area (Å²) in [7, 11) is 0. The Morgan fingerprint density at radius 1 is 1.24 bits per heavy atom. The second kappa shape index (κ2) is 8.01. The van der Waals surface area contributed by atoms with Gasteiger partial charge in [-0.1, -0.05) is 19.8 Å². The van der Waals surface area contributed by atoms with Gasteiger partial charge in [-0.15, -0.1) is 0 Å². The molecule has 2 nitrogen and oxygen atoms in total. The fourth-order valence-corrected chi connectivity index (χ4v) is 1.38. The Kier molecular flexibility index (Phi) is 6.55. The number of nitrogens with one attached hydrogen (secondary N) is 1. The largest absolute Gasteiger partial charge is 0.311 e. The Morgan fingerprint density at radius 2 is 2.06 bits per heavy atom. The van der Waals surface area contributed by atoms with Crippen molar-refractivity contribution in [1.29, 1.82) is 0 Å². The average molecular weight is 240 g/mol. The van der Waals surface area contributed by atoms with Crippen molar-refractivity contribution in [3.8, 4) is 0 Å². The van der Waals surface area contributed by atoms with Crippen molar-refractivity contribution in [2.75, 3.05) is 13.1 Å². The maximum absolute atomic E-state index is 12.8. The van der Waals surface area contributed by atoms with Crippen LogP contribution in [0.1, 0.15) is 26.2 Å². The van der Waals surface area contributed by atoms with E-state index in [1.54, 1.807) is 0 Å². The van der Waals surface area contributed by atoms with Gasteiger partial charge in [0.05, 0.1) is 12.2 Å². The zero-order valence-corrected chi connectivity index (χ0v) is 10.0. The van der Waals surface area contributed by atoms with Crippen LogP contribution in [0.25, 0.3) is 0 Å². The SMILES string of the molecule is CCCCCN[CH]C[N]c1ccc(F)c(F)c1. The maximum atomic E-state index is 12.8. The van der Waals surface area contributed by atoms with E-state index < -0.39 is 11.6 Å². The lowest BCUT2D eigenvalue weighted by Crippen LogP contribution is -2.17. The van der Waals surface area contributed by atoms with Crippen molar-refractivity contribution in [1.82, 2.24) is 10.6 Å². The van der Waals surface area contributed by atoms with E-state index in [0.717, 1.165) is 25.1 Å². The molecule has 0 aliphatic heterocycles. The summed E-state index contributed by atoms with van der Waals surface area (Å²) in [5.41, 5.74) is 0.454. The van der Waals surface area contributed by atoms with Crippen LogP contribution in [0.5, 0.6) is 0 Å². The molecule has 17 heavy (non-hydrogen) atoms. The highest BCUT2D eigenvalue weighted by Gasteiger charge is 2.02. The molecule has 0 unspecified atom stereocenters. The monoisotopic (exact) mass is 240 g/mol.